The van der Waals surface area contributed by atoms with Crippen molar-refractivity contribution in [3.63, 3.8) is 0 Å². The molecule has 0 bridgehead atoms. The Labute approximate surface area is 138 Å². The van der Waals surface area contributed by atoms with Gasteiger partial charge in [-0.15, -0.1) is 0 Å². The summed E-state index contributed by atoms with van der Waals surface area (Å²) in [5, 5.41) is 3.53. The molecule has 0 saturated heterocycles. The molecule has 2 rings (SSSR count). The number of rotatable bonds is 9. The molecule has 0 radical (unpaired) electrons. The van der Waals surface area contributed by atoms with Crippen LogP contribution in [0.3, 0.4) is 0 Å². The van der Waals surface area contributed by atoms with Crippen molar-refractivity contribution in [2.75, 3.05) is 27.3 Å². The molecule has 0 aromatic heterocycles. The number of hydrogen-bond donors (Lipinski definition) is 2. The van der Waals surface area contributed by atoms with Gasteiger partial charge in [0.25, 0.3) is 0 Å². The minimum atomic E-state index is 0.178. The van der Waals surface area contributed by atoms with Gasteiger partial charge in [-0.3, -0.25) is 0 Å². The van der Waals surface area contributed by atoms with Crippen LogP contribution in [0.2, 0.25) is 0 Å². The van der Waals surface area contributed by atoms with Crippen LogP contribution in [0.4, 0.5) is 0 Å². The second-order valence-electron chi connectivity index (χ2n) is 5.47. The molecule has 0 saturated carbocycles. The van der Waals surface area contributed by atoms with Crippen molar-refractivity contribution < 1.29 is 9.47 Å². The molecule has 3 N–H and O–H groups in total. The van der Waals surface area contributed by atoms with Crippen LogP contribution in [0.25, 0.3) is 0 Å². The summed E-state index contributed by atoms with van der Waals surface area (Å²) < 4.78 is 10.4. The third kappa shape index (κ3) is 5.27. The fraction of sp³-hybridized carbons (Fsp3) is 0.368. The molecule has 0 aliphatic heterocycles. The zero-order chi connectivity index (χ0) is 16.5. The smallest absolute Gasteiger partial charge is 0.118 e. The van der Waals surface area contributed by atoms with E-state index in [1.54, 1.807) is 14.2 Å². The lowest BCUT2D eigenvalue weighted by atomic mass is 10.1. The molecule has 2 aromatic carbocycles. The van der Waals surface area contributed by atoms with Crippen molar-refractivity contribution in [1.82, 2.24) is 5.32 Å². The maximum absolute atomic E-state index is 5.89. The second-order valence-corrected chi connectivity index (χ2v) is 5.47. The number of methoxy groups -OCH3 is 2. The van der Waals surface area contributed by atoms with Crippen LogP contribution in [0.5, 0.6) is 11.5 Å². The van der Waals surface area contributed by atoms with Gasteiger partial charge in [0.1, 0.15) is 11.5 Å². The highest BCUT2D eigenvalue weighted by atomic mass is 16.5. The lowest BCUT2D eigenvalue weighted by Gasteiger charge is -2.17. The first kappa shape index (κ1) is 17.3. The van der Waals surface area contributed by atoms with Gasteiger partial charge in [0.15, 0.2) is 0 Å². The number of nitrogens with two attached hydrogens (primary N) is 1. The van der Waals surface area contributed by atoms with Crippen LogP contribution in [0.15, 0.2) is 48.5 Å². The van der Waals surface area contributed by atoms with Gasteiger partial charge in [-0.1, -0.05) is 24.3 Å². The van der Waals surface area contributed by atoms with E-state index in [2.05, 4.69) is 29.6 Å². The molecule has 124 valence electrons. The number of ether oxygens (including phenoxy) is 2. The van der Waals surface area contributed by atoms with Crippen molar-refractivity contribution in [2.24, 2.45) is 5.73 Å². The molecule has 0 amide bonds. The fourth-order valence-electron chi connectivity index (χ4n) is 2.53. The van der Waals surface area contributed by atoms with Crippen molar-refractivity contribution in [2.45, 2.75) is 18.9 Å². The van der Waals surface area contributed by atoms with Gasteiger partial charge >= 0.3 is 0 Å². The predicted molar refractivity (Wildman–Crippen MR) is 94.1 cm³/mol. The molecule has 0 fully saturated rings. The molecule has 0 aliphatic carbocycles. The third-order valence-corrected chi connectivity index (χ3v) is 3.95. The summed E-state index contributed by atoms with van der Waals surface area (Å²) in [5.41, 5.74) is 8.41. The lowest BCUT2D eigenvalue weighted by molar-refractivity contribution is 0.414. The first-order valence-electron chi connectivity index (χ1n) is 7.97. The molecule has 4 heteroatoms. The molecule has 1 atom stereocenters. The van der Waals surface area contributed by atoms with E-state index in [9.17, 15) is 0 Å². The van der Waals surface area contributed by atoms with Gasteiger partial charge in [0, 0.05) is 12.6 Å². The molecule has 0 heterocycles. The number of aryl methyl sites for hydroxylation is 1. The maximum Gasteiger partial charge on any atom is 0.118 e. The van der Waals surface area contributed by atoms with E-state index in [1.165, 1.54) is 11.1 Å². The Morgan fingerprint density at radius 1 is 0.913 bits per heavy atom. The van der Waals surface area contributed by atoms with E-state index in [-0.39, 0.29) is 6.04 Å². The van der Waals surface area contributed by atoms with Gasteiger partial charge in [0.05, 0.1) is 14.2 Å². The number of benzene rings is 2. The molecule has 4 nitrogen and oxygen atoms in total. The summed E-state index contributed by atoms with van der Waals surface area (Å²) in [6.07, 6.45) is 2.11. The Kier molecular flexibility index (Phi) is 6.91. The molecule has 23 heavy (non-hydrogen) atoms. The van der Waals surface area contributed by atoms with Gasteiger partial charge < -0.3 is 20.5 Å². The Morgan fingerprint density at radius 2 is 1.48 bits per heavy atom. The highest BCUT2D eigenvalue weighted by Crippen LogP contribution is 2.17. The summed E-state index contributed by atoms with van der Waals surface area (Å²) in [7, 11) is 3.36. The average molecular weight is 314 g/mol. The summed E-state index contributed by atoms with van der Waals surface area (Å²) in [6, 6.07) is 16.5. The summed E-state index contributed by atoms with van der Waals surface area (Å²) >= 11 is 0. The first-order chi connectivity index (χ1) is 11.3. The van der Waals surface area contributed by atoms with Crippen molar-refractivity contribution in [1.29, 1.82) is 0 Å². The van der Waals surface area contributed by atoms with Crippen LogP contribution >= 0.6 is 0 Å². The van der Waals surface area contributed by atoms with E-state index in [4.69, 9.17) is 15.2 Å². The Morgan fingerprint density at radius 3 is 2.00 bits per heavy atom. The monoisotopic (exact) mass is 314 g/mol. The summed E-state index contributed by atoms with van der Waals surface area (Å²) in [4.78, 5) is 0. The van der Waals surface area contributed by atoms with Crippen LogP contribution in [0.1, 0.15) is 23.6 Å². The number of hydrogen-bond acceptors (Lipinski definition) is 4. The Bertz CT molecular complexity index is 567. The van der Waals surface area contributed by atoms with Gasteiger partial charge in [-0.2, -0.15) is 0 Å². The number of nitrogens with one attached hydrogen (secondary N) is 1. The van der Waals surface area contributed by atoms with Crippen LogP contribution in [-0.2, 0) is 6.42 Å². The minimum Gasteiger partial charge on any atom is -0.497 e. The quantitative estimate of drug-likeness (QED) is 0.699. The second kappa shape index (κ2) is 9.18. The minimum absolute atomic E-state index is 0.178. The largest absolute Gasteiger partial charge is 0.497 e. The topological polar surface area (TPSA) is 56.5 Å². The Hall–Kier alpha value is -2.04. The highest BCUT2D eigenvalue weighted by molar-refractivity contribution is 5.29. The van der Waals surface area contributed by atoms with Gasteiger partial charge in [0.2, 0.25) is 0 Å². The molecule has 2 aromatic rings. The van der Waals surface area contributed by atoms with E-state index in [0.29, 0.717) is 6.54 Å². The zero-order valence-corrected chi connectivity index (χ0v) is 13.9. The van der Waals surface area contributed by atoms with E-state index < -0.39 is 0 Å². The third-order valence-electron chi connectivity index (χ3n) is 3.95. The molecule has 1 unspecified atom stereocenters. The van der Waals surface area contributed by atoms with Crippen molar-refractivity contribution in [3.05, 3.63) is 59.7 Å². The standard InChI is InChI=1S/C19H26N2O2/c1-22-17-9-5-15(6-10-17)4-3-13-21-19(14-20)16-7-11-18(23-2)12-8-16/h5-12,19,21H,3-4,13-14,20H2,1-2H3. The normalized spacial score (nSPS) is 12.0. The molecule has 0 aliphatic rings. The zero-order valence-electron chi connectivity index (χ0n) is 13.9. The fourth-order valence-corrected chi connectivity index (χ4v) is 2.53. The average Bonchev–Trinajstić information content (AvgIpc) is 2.62. The molecular weight excluding hydrogens is 288 g/mol. The maximum atomic E-state index is 5.89. The van der Waals surface area contributed by atoms with Crippen LogP contribution in [-0.4, -0.2) is 27.3 Å². The summed E-state index contributed by atoms with van der Waals surface area (Å²) in [5.74, 6) is 1.76. The van der Waals surface area contributed by atoms with Gasteiger partial charge in [-0.25, -0.2) is 0 Å². The predicted octanol–water partition coefficient (Wildman–Crippen LogP) is 2.93. The van der Waals surface area contributed by atoms with Gasteiger partial charge in [-0.05, 0) is 54.8 Å². The first-order valence-corrected chi connectivity index (χ1v) is 7.97. The molecular formula is C19H26N2O2. The summed E-state index contributed by atoms with van der Waals surface area (Å²) in [6.45, 7) is 1.51. The van der Waals surface area contributed by atoms with E-state index in [0.717, 1.165) is 30.9 Å². The van der Waals surface area contributed by atoms with E-state index in [1.807, 2.05) is 24.3 Å². The van der Waals surface area contributed by atoms with Crippen LogP contribution in [0, 0.1) is 0 Å². The Balaban J connectivity index is 1.78. The van der Waals surface area contributed by atoms with E-state index >= 15 is 0 Å². The van der Waals surface area contributed by atoms with Crippen LogP contribution < -0.4 is 20.5 Å². The highest BCUT2D eigenvalue weighted by Gasteiger charge is 2.08. The van der Waals surface area contributed by atoms with Crippen molar-refractivity contribution in [3.8, 4) is 11.5 Å². The SMILES string of the molecule is COc1ccc(CCCNC(CN)c2ccc(OC)cc2)cc1. The lowest BCUT2D eigenvalue weighted by Crippen LogP contribution is -2.29. The van der Waals surface area contributed by atoms with Crippen molar-refractivity contribution >= 4 is 0 Å². The molecule has 0 spiro atoms.